The average molecular weight is 449 g/mol. The summed E-state index contributed by atoms with van der Waals surface area (Å²) in [6.07, 6.45) is 1.92. The molecule has 0 spiro atoms. The van der Waals surface area contributed by atoms with E-state index in [-0.39, 0.29) is 12.1 Å². The standard InChI is InChI=1S/C13H20N4OS.C7H8O.2C2H6/c1-9(2)17-6-4-11(5-7-17)14-13(18)15-12-8-10(3)16-19-12;1-8-7-5-3-2-4-6-7;2*1-2/h8,11H,1,4-7H2,2-3H3,(H2,14,15,18);2-6H,1H3;2*1-2H3. The van der Waals surface area contributed by atoms with Crippen molar-refractivity contribution in [1.82, 2.24) is 14.6 Å². The van der Waals surface area contributed by atoms with Gasteiger partial charge in [-0.25, -0.2) is 4.79 Å². The number of hydrogen-bond donors (Lipinski definition) is 2. The van der Waals surface area contributed by atoms with Crippen LogP contribution >= 0.6 is 11.5 Å². The largest absolute Gasteiger partial charge is 0.497 e. The van der Waals surface area contributed by atoms with Gasteiger partial charge in [0.1, 0.15) is 10.8 Å². The summed E-state index contributed by atoms with van der Waals surface area (Å²) in [6.45, 7) is 17.8. The van der Waals surface area contributed by atoms with Crippen LogP contribution in [-0.2, 0) is 0 Å². The van der Waals surface area contributed by atoms with Crippen molar-refractivity contribution in [3.63, 3.8) is 0 Å². The van der Waals surface area contributed by atoms with Crippen molar-refractivity contribution in [2.75, 3.05) is 25.5 Å². The Labute approximate surface area is 192 Å². The Bertz CT molecular complexity index is 726. The van der Waals surface area contributed by atoms with Crippen molar-refractivity contribution in [2.24, 2.45) is 0 Å². The molecule has 0 unspecified atom stereocenters. The SMILES string of the molecule is C=C(C)N1CCC(NC(=O)Nc2cc(C)ns2)CC1.CC.CC.COc1ccccc1. The molecule has 3 rings (SSSR count). The third kappa shape index (κ3) is 12.0. The zero-order valence-electron chi connectivity index (χ0n) is 20.2. The lowest BCUT2D eigenvalue weighted by molar-refractivity contribution is 0.225. The molecule has 1 aromatic heterocycles. The first-order valence-electron chi connectivity index (χ1n) is 11.0. The van der Waals surface area contributed by atoms with Crippen LogP contribution in [0.1, 0.15) is 53.2 Å². The number of allylic oxidation sites excluding steroid dienone is 1. The van der Waals surface area contributed by atoms with Crippen LogP contribution in [0.3, 0.4) is 0 Å². The van der Waals surface area contributed by atoms with E-state index in [0.29, 0.717) is 0 Å². The van der Waals surface area contributed by atoms with E-state index in [1.165, 1.54) is 11.5 Å². The Kier molecular flexibility index (Phi) is 15.8. The van der Waals surface area contributed by atoms with Crippen molar-refractivity contribution in [2.45, 2.75) is 60.4 Å². The topological polar surface area (TPSA) is 66.5 Å². The van der Waals surface area contributed by atoms with E-state index >= 15 is 0 Å². The molecule has 1 aliphatic rings. The van der Waals surface area contributed by atoms with Gasteiger partial charge in [0, 0.05) is 24.8 Å². The average Bonchev–Trinajstić information content (AvgIpc) is 3.22. The van der Waals surface area contributed by atoms with Gasteiger partial charge in [0.2, 0.25) is 0 Å². The monoisotopic (exact) mass is 448 g/mol. The first-order chi connectivity index (χ1) is 15.0. The summed E-state index contributed by atoms with van der Waals surface area (Å²) in [7, 11) is 1.66. The second-order valence-corrected chi connectivity index (χ2v) is 7.25. The lowest BCUT2D eigenvalue weighted by Crippen LogP contribution is -2.45. The summed E-state index contributed by atoms with van der Waals surface area (Å²) in [5, 5.41) is 6.61. The molecule has 2 heterocycles. The van der Waals surface area contributed by atoms with Crippen molar-refractivity contribution >= 4 is 22.6 Å². The summed E-state index contributed by atoms with van der Waals surface area (Å²) in [4.78, 5) is 14.1. The van der Waals surface area contributed by atoms with E-state index in [1.807, 2.05) is 77.9 Å². The normalized spacial score (nSPS) is 12.5. The molecule has 0 saturated carbocycles. The molecule has 2 N–H and O–H groups in total. The third-order valence-electron chi connectivity index (χ3n) is 4.21. The fraction of sp³-hybridized carbons (Fsp3) is 0.500. The predicted octanol–water partition coefficient (Wildman–Crippen LogP) is 6.32. The maximum Gasteiger partial charge on any atom is 0.320 e. The van der Waals surface area contributed by atoms with Gasteiger partial charge in [0.15, 0.2) is 0 Å². The highest BCUT2D eigenvalue weighted by molar-refractivity contribution is 7.10. The Morgan fingerprint density at radius 1 is 1.16 bits per heavy atom. The zero-order valence-corrected chi connectivity index (χ0v) is 21.0. The molecule has 174 valence electrons. The Morgan fingerprint density at radius 2 is 1.74 bits per heavy atom. The number of urea groups is 1. The number of methoxy groups -OCH3 is 1. The number of benzene rings is 1. The van der Waals surface area contributed by atoms with Gasteiger partial charge < -0.3 is 15.0 Å². The number of hydrogen-bond acceptors (Lipinski definition) is 5. The summed E-state index contributed by atoms with van der Waals surface area (Å²) < 4.78 is 9.04. The summed E-state index contributed by atoms with van der Waals surface area (Å²) in [5.41, 5.74) is 2.03. The predicted molar refractivity (Wildman–Crippen MR) is 134 cm³/mol. The molecule has 2 amide bonds. The number of anilines is 1. The number of nitrogens with zero attached hydrogens (tertiary/aromatic N) is 2. The number of para-hydroxylation sites is 1. The maximum atomic E-state index is 11.8. The number of carbonyl (C=O) groups excluding carboxylic acids is 1. The van der Waals surface area contributed by atoms with Gasteiger partial charge >= 0.3 is 6.03 Å². The van der Waals surface area contributed by atoms with Crippen LogP contribution < -0.4 is 15.4 Å². The Morgan fingerprint density at radius 3 is 2.16 bits per heavy atom. The van der Waals surface area contributed by atoms with Gasteiger partial charge in [0.05, 0.1) is 12.8 Å². The van der Waals surface area contributed by atoms with Crippen LogP contribution in [0.25, 0.3) is 0 Å². The number of aryl methyl sites for hydroxylation is 1. The number of nitrogens with one attached hydrogen (secondary N) is 2. The molecule has 31 heavy (non-hydrogen) atoms. The van der Waals surface area contributed by atoms with Gasteiger partial charge in [-0.2, -0.15) is 4.37 Å². The molecular formula is C24H40N4O2S. The van der Waals surface area contributed by atoms with Gasteiger partial charge in [0.25, 0.3) is 0 Å². The molecule has 0 radical (unpaired) electrons. The van der Waals surface area contributed by atoms with Crippen molar-refractivity contribution in [3.05, 3.63) is 54.4 Å². The fourth-order valence-electron chi connectivity index (χ4n) is 2.72. The van der Waals surface area contributed by atoms with Gasteiger partial charge in [-0.3, -0.25) is 5.32 Å². The lowest BCUT2D eigenvalue weighted by Gasteiger charge is -2.33. The second-order valence-electron chi connectivity index (χ2n) is 6.44. The molecule has 7 heteroatoms. The van der Waals surface area contributed by atoms with Crippen LogP contribution in [0.4, 0.5) is 9.80 Å². The third-order valence-corrected chi connectivity index (χ3v) is 5.01. The zero-order chi connectivity index (χ0) is 23.6. The number of carbonyl (C=O) groups is 1. The minimum absolute atomic E-state index is 0.141. The number of likely N-dealkylation sites (tertiary alicyclic amines) is 1. The number of rotatable bonds is 4. The highest BCUT2D eigenvalue weighted by atomic mass is 32.1. The van der Waals surface area contributed by atoms with Crippen molar-refractivity contribution in [3.8, 4) is 5.75 Å². The molecule has 0 bridgehead atoms. The molecule has 2 aromatic rings. The van der Waals surface area contributed by atoms with E-state index in [0.717, 1.165) is 48.1 Å². The summed E-state index contributed by atoms with van der Waals surface area (Å²) in [5.74, 6) is 0.910. The Balaban J connectivity index is 0.000000625. The van der Waals surface area contributed by atoms with Crippen LogP contribution in [-0.4, -0.2) is 41.5 Å². The van der Waals surface area contributed by atoms with E-state index in [2.05, 4.69) is 26.5 Å². The highest BCUT2D eigenvalue weighted by Gasteiger charge is 2.20. The number of piperidine rings is 1. The van der Waals surface area contributed by atoms with Crippen molar-refractivity contribution in [1.29, 1.82) is 0 Å². The first-order valence-corrected chi connectivity index (χ1v) is 11.8. The lowest BCUT2D eigenvalue weighted by atomic mass is 10.1. The quantitative estimate of drug-likeness (QED) is 0.574. The van der Waals surface area contributed by atoms with Crippen molar-refractivity contribution < 1.29 is 9.53 Å². The summed E-state index contributed by atoms with van der Waals surface area (Å²) in [6, 6.07) is 11.6. The first kappa shape index (κ1) is 28.5. The van der Waals surface area contributed by atoms with Gasteiger partial charge in [-0.05, 0) is 56.4 Å². The molecule has 6 nitrogen and oxygen atoms in total. The van der Waals surface area contributed by atoms with E-state index in [4.69, 9.17) is 4.74 Å². The van der Waals surface area contributed by atoms with Gasteiger partial charge in [-0.15, -0.1) is 0 Å². The van der Waals surface area contributed by atoms with Crippen LogP contribution in [0.15, 0.2) is 48.7 Å². The van der Waals surface area contributed by atoms with Crippen LogP contribution in [0.2, 0.25) is 0 Å². The van der Waals surface area contributed by atoms with Crippen LogP contribution in [0, 0.1) is 6.92 Å². The van der Waals surface area contributed by atoms with E-state index < -0.39 is 0 Å². The minimum Gasteiger partial charge on any atom is -0.497 e. The smallest absolute Gasteiger partial charge is 0.320 e. The Hall–Kier alpha value is -2.54. The van der Waals surface area contributed by atoms with E-state index in [1.54, 1.807) is 7.11 Å². The molecule has 0 aliphatic carbocycles. The highest BCUT2D eigenvalue weighted by Crippen LogP contribution is 2.17. The molecule has 1 aromatic carbocycles. The van der Waals surface area contributed by atoms with Crippen LogP contribution in [0.5, 0.6) is 5.75 Å². The number of amides is 2. The second kappa shape index (κ2) is 17.2. The van der Waals surface area contributed by atoms with Gasteiger partial charge in [-0.1, -0.05) is 52.5 Å². The maximum absolute atomic E-state index is 11.8. The summed E-state index contributed by atoms with van der Waals surface area (Å²) >= 11 is 1.30. The molecule has 1 saturated heterocycles. The number of aromatic nitrogens is 1. The molecule has 1 fully saturated rings. The molecule has 1 aliphatic heterocycles. The minimum atomic E-state index is -0.141. The molecule has 0 atom stereocenters. The number of ether oxygens (including phenoxy) is 1. The van der Waals surface area contributed by atoms with E-state index in [9.17, 15) is 4.79 Å². The fourth-order valence-corrected chi connectivity index (χ4v) is 3.37. The molecular weight excluding hydrogens is 408 g/mol.